The molecule has 1 unspecified atom stereocenters. The molecule has 0 spiro atoms. The molecule has 0 fully saturated rings. The number of methoxy groups -OCH3 is 2. The molecule has 1 aromatic heterocycles. The Morgan fingerprint density at radius 1 is 1.30 bits per heavy atom. The summed E-state index contributed by atoms with van der Waals surface area (Å²) in [7, 11) is 5.38. The lowest BCUT2D eigenvalue weighted by atomic mass is 10.0. The average Bonchev–Trinajstić information content (AvgIpc) is 2.82. The molecule has 6 nitrogen and oxygen atoms in total. The highest BCUT2D eigenvalue weighted by Crippen LogP contribution is 2.22. The molecule has 1 aromatic rings. The topological polar surface area (TPSA) is 65.5 Å². The second-order valence-electron chi connectivity index (χ2n) is 4.83. The third kappa shape index (κ3) is 4.56. The van der Waals surface area contributed by atoms with Crippen LogP contribution < -0.4 is 5.73 Å². The molecule has 0 aliphatic carbocycles. The van der Waals surface area contributed by atoms with Gasteiger partial charge in [0, 0.05) is 52.7 Å². The van der Waals surface area contributed by atoms with Crippen molar-refractivity contribution >= 4 is 0 Å². The quantitative estimate of drug-likeness (QED) is 0.681. The van der Waals surface area contributed by atoms with E-state index in [4.69, 9.17) is 15.2 Å². The molecule has 0 aromatic carbocycles. The van der Waals surface area contributed by atoms with Gasteiger partial charge >= 0.3 is 0 Å². The van der Waals surface area contributed by atoms with Gasteiger partial charge in [0.15, 0.2) is 0 Å². The van der Waals surface area contributed by atoms with Crippen molar-refractivity contribution in [3.63, 3.8) is 0 Å². The monoisotopic (exact) mass is 284 g/mol. The van der Waals surface area contributed by atoms with Gasteiger partial charge in [0.1, 0.15) is 0 Å². The summed E-state index contributed by atoms with van der Waals surface area (Å²) in [5.74, 6) is 0. The molecule has 20 heavy (non-hydrogen) atoms. The summed E-state index contributed by atoms with van der Waals surface area (Å²) in [4.78, 5) is 2.31. The maximum absolute atomic E-state index is 6.02. The maximum atomic E-state index is 6.02. The zero-order valence-electron chi connectivity index (χ0n) is 13.1. The summed E-state index contributed by atoms with van der Waals surface area (Å²) in [6.45, 7) is 5.71. The number of nitrogens with zero attached hydrogens (tertiary/aromatic N) is 3. The predicted octanol–water partition coefficient (Wildman–Crippen LogP) is 0.577. The third-order valence-electron chi connectivity index (χ3n) is 3.46. The van der Waals surface area contributed by atoms with Gasteiger partial charge in [-0.05, 0) is 6.42 Å². The van der Waals surface area contributed by atoms with Crippen LogP contribution in [0.5, 0.6) is 0 Å². The Kier molecular flexibility index (Phi) is 7.76. The highest BCUT2D eigenvalue weighted by Gasteiger charge is 2.23. The first kappa shape index (κ1) is 17.1. The Labute approximate surface area is 121 Å². The normalized spacial score (nSPS) is 13.1. The lowest BCUT2D eigenvalue weighted by Crippen LogP contribution is -2.38. The SMILES string of the molecule is CCc1nn(C)cc1C(CN)N(CCOC)CCOC. The Morgan fingerprint density at radius 2 is 1.90 bits per heavy atom. The van der Waals surface area contributed by atoms with E-state index in [2.05, 4.69) is 23.1 Å². The lowest BCUT2D eigenvalue weighted by molar-refractivity contribution is 0.0888. The van der Waals surface area contributed by atoms with Crippen molar-refractivity contribution in [1.29, 1.82) is 0 Å². The maximum Gasteiger partial charge on any atom is 0.0670 e. The average molecular weight is 284 g/mol. The molecule has 2 N–H and O–H groups in total. The number of nitrogens with two attached hydrogens (primary N) is 1. The Balaban J connectivity index is 2.91. The molecule has 116 valence electrons. The molecule has 0 amide bonds. The standard InChI is InChI=1S/C14H28N4O2/c1-5-13-12(11-17(2)16-13)14(10-15)18(6-8-19-3)7-9-20-4/h11,14H,5-10,15H2,1-4H3. The summed E-state index contributed by atoms with van der Waals surface area (Å²) in [5.41, 5.74) is 8.35. The van der Waals surface area contributed by atoms with Gasteiger partial charge in [-0.15, -0.1) is 0 Å². The van der Waals surface area contributed by atoms with Crippen molar-refractivity contribution in [3.05, 3.63) is 17.5 Å². The molecule has 0 saturated carbocycles. The highest BCUT2D eigenvalue weighted by molar-refractivity contribution is 5.22. The van der Waals surface area contributed by atoms with Crippen molar-refractivity contribution in [2.45, 2.75) is 19.4 Å². The van der Waals surface area contributed by atoms with E-state index < -0.39 is 0 Å². The fourth-order valence-corrected chi connectivity index (χ4v) is 2.42. The van der Waals surface area contributed by atoms with E-state index in [-0.39, 0.29) is 6.04 Å². The van der Waals surface area contributed by atoms with Crippen LogP contribution in [0.15, 0.2) is 6.20 Å². The van der Waals surface area contributed by atoms with Crippen molar-refractivity contribution in [1.82, 2.24) is 14.7 Å². The Morgan fingerprint density at radius 3 is 2.35 bits per heavy atom. The first-order chi connectivity index (χ1) is 9.67. The summed E-state index contributed by atoms with van der Waals surface area (Å²) in [6, 6.07) is 0.156. The minimum absolute atomic E-state index is 0.156. The van der Waals surface area contributed by atoms with E-state index >= 15 is 0 Å². The number of aromatic nitrogens is 2. The van der Waals surface area contributed by atoms with Gasteiger partial charge in [-0.25, -0.2) is 0 Å². The molecule has 6 heteroatoms. The van der Waals surface area contributed by atoms with Crippen molar-refractivity contribution in [2.24, 2.45) is 12.8 Å². The van der Waals surface area contributed by atoms with Gasteiger partial charge in [0.05, 0.1) is 24.9 Å². The summed E-state index contributed by atoms with van der Waals surface area (Å²) in [6.07, 6.45) is 2.98. The number of aryl methyl sites for hydroxylation is 2. The van der Waals surface area contributed by atoms with Crippen molar-refractivity contribution in [2.75, 3.05) is 47.1 Å². The molecule has 1 heterocycles. The van der Waals surface area contributed by atoms with Crippen molar-refractivity contribution < 1.29 is 9.47 Å². The molecule has 0 saturated heterocycles. The van der Waals surface area contributed by atoms with E-state index in [9.17, 15) is 0 Å². The first-order valence-electron chi connectivity index (χ1n) is 7.12. The summed E-state index contributed by atoms with van der Waals surface area (Å²) >= 11 is 0. The van der Waals surface area contributed by atoms with E-state index in [1.165, 1.54) is 5.56 Å². The van der Waals surface area contributed by atoms with Crippen LogP contribution in [0.25, 0.3) is 0 Å². The smallest absolute Gasteiger partial charge is 0.0670 e. The second kappa shape index (κ2) is 9.07. The fourth-order valence-electron chi connectivity index (χ4n) is 2.42. The van der Waals surface area contributed by atoms with Crippen LogP contribution in [0.2, 0.25) is 0 Å². The van der Waals surface area contributed by atoms with Gasteiger partial charge < -0.3 is 15.2 Å². The minimum atomic E-state index is 0.156. The molecule has 1 atom stereocenters. The molecule has 0 aliphatic rings. The van der Waals surface area contributed by atoms with Crippen LogP contribution in [0.3, 0.4) is 0 Å². The highest BCUT2D eigenvalue weighted by atomic mass is 16.5. The lowest BCUT2D eigenvalue weighted by Gasteiger charge is -2.30. The fraction of sp³-hybridized carbons (Fsp3) is 0.786. The van der Waals surface area contributed by atoms with E-state index in [1.807, 2.05) is 11.7 Å². The Hall–Kier alpha value is -0.950. The van der Waals surface area contributed by atoms with Crippen LogP contribution in [-0.4, -0.2) is 61.7 Å². The first-order valence-corrected chi connectivity index (χ1v) is 7.12. The second-order valence-corrected chi connectivity index (χ2v) is 4.83. The van der Waals surface area contributed by atoms with Crippen LogP contribution >= 0.6 is 0 Å². The molecule has 0 radical (unpaired) electrons. The summed E-state index contributed by atoms with van der Waals surface area (Å²) < 4.78 is 12.3. The van der Waals surface area contributed by atoms with Gasteiger partial charge in [-0.1, -0.05) is 6.92 Å². The van der Waals surface area contributed by atoms with E-state index in [0.29, 0.717) is 19.8 Å². The predicted molar refractivity (Wildman–Crippen MR) is 79.7 cm³/mol. The van der Waals surface area contributed by atoms with Gasteiger partial charge in [0.25, 0.3) is 0 Å². The van der Waals surface area contributed by atoms with Crippen LogP contribution in [0, 0.1) is 0 Å². The zero-order chi connectivity index (χ0) is 15.0. The van der Waals surface area contributed by atoms with Crippen LogP contribution in [-0.2, 0) is 22.9 Å². The van der Waals surface area contributed by atoms with Crippen LogP contribution in [0.1, 0.15) is 24.2 Å². The molecular weight excluding hydrogens is 256 g/mol. The number of hydrogen-bond donors (Lipinski definition) is 1. The van der Waals surface area contributed by atoms with Gasteiger partial charge in [0.2, 0.25) is 0 Å². The molecule has 1 rings (SSSR count). The number of ether oxygens (including phenoxy) is 2. The molecular formula is C14H28N4O2. The zero-order valence-corrected chi connectivity index (χ0v) is 13.1. The number of hydrogen-bond acceptors (Lipinski definition) is 5. The van der Waals surface area contributed by atoms with Crippen molar-refractivity contribution in [3.8, 4) is 0 Å². The van der Waals surface area contributed by atoms with E-state index in [1.54, 1.807) is 14.2 Å². The molecule has 0 bridgehead atoms. The van der Waals surface area contributed by atoms with Crippen LogP contribution in [0.4, 0.5) is 0 Å². The van der Waals surface area contributed by atoms with Gasteiger partial charge in [-0.2, -0.15) is 5.10 Å². The summed E-state index contributed by atoms with van der Waals surface area (Å²) in [5, 5.41) is 4.51. The molecule has 0 aliphatic heterocycles. The van der Waals surface area contributed by atoms with Gasteiger partial charge in [-0.3, -0.25) is 9.58 Å². The number of rotatable bonds is 10. The van der Waals surface area contributed by atoms with E-state index in [0.717, 1.165) is 25.2 Å². The largest absolute Gasteiger partial charge is 0.383 e. The third-order valence-corrected chi connectivity index (χ3v) is 3.46. The minimum Gasteiger partial charge on any atom is -0.383 e. The Bertz CT molecular complexity index is 373.